The lowest BCUT2D eigenvalue weighted by Gasteiger charge is -2.11. The summed E-state index contributed by atoms with van der Waals surface area (Å²) in [5.41, 5.74) is 0.563. The van der Waals surface area contributed by atoms with Crippen LogP contribution in [0.25, 0.3) is 0 Å². The number of rotatable bonds is 6. The Balaban J connectivity index is 1.91. The molecule has 0 bridgehead atoms. The number of para-hydroxylation sites is 1. The van der Waals surface area contributed by atoms with E-state index in [-0.39, 0.29) is 23.7 Å². The van der Waals surface area contributed by atoms with Crippen molar-refractivity contribution in [3.63, 3.8) is 0 Å². The summed E-state index contributed by atoms with van der Waals surface area (Å²) in [7, 11) is 0. The fourth-order valence-corrected chi connectivity index (χ4v) is 1.93. The molecule has 0 heterocycles. The first kappa shape index (κ1) is 15.1. The van der Waals surface area contributed by atoms with Gasteiger partial charge in [0, 0.05) is 6.54 Å². The smallest absolute Gasteiger partial charge is 0.339 e. The van der Waals surface area contributed by atoms with Crippen LogP contribution in [0.2, 0.25) is 5.02 Å². The van der Waals surface area contributed by atoms with Gasteiger partial charge < -0.3 is 15.2 Å². The van der Waals surface area contributed by atoms with Gasteiger partial charge in [-0.25, -0.2) is 9.18 Å². The van der Waals surface area contributed by atoms with Crippen LogP contribution >= 0.6 is 11.6 Å². The number of carboxylic acid groups (broad SMARTS) is 1. The van der Waals surface area contributed by atoms with Crippen molar-refractivity contribution in [2.75, 3.05) is 18.5 Å². The molecule has 0 aliphatic heterocycles. The number of nitrogens with one attached hydrogen (secondary N) is 1. The predicted octanol–water partition coefficient (Wildman–Crippen LogP) is 3.67. The molecule has 0 spiro atoms. The van der Waals surface area contributed by atoms with Crippen LogP contribution in [0, 0.1) is 5.82 Å². The Morgan fingerprint density at radius 1 is 1.29 bits per heavy atom. The van der Waals surface area contributed by atoms with E-state index in [2.05, 4.69) is 5.32 Å². The van der Waals surface area contributed by atoms with E-state index in [4.69, 9.17) is 21.4 Å². The molecule has 6 heteroatoms. The Morgan fingerprint density at radius 2 is 2.05 bits per heavy atom. The standard InChI is InChI=1S/C15H13ClFNO3/c16-12-6-5-10(17)9-13(12)18-7-8-21-14-4-2-1-3-11(14)15(19)20/h1-6,9,18H,7-8H2,(H,19,20). The van der Waals surface area contributed by atoms with Crippen LogP contribution in [-0.4, -0.2) is 24.2 Å². The van der Waals surface area contributed by atoms with Gasteiger partial charge in [-0.3, -0.25) is 0 Å². The van der Waals surface area contributed by atoms with Crippen molar-refractivity contribution in [1.82, 2.24) is 0 Å². The van der Waals surface area contributed by atoms with Crippen LogP contribution in [0.5, 0.6) is 5.75 Å². The molecular formula is C15H13ClFNO3. The number of hydrogen-bond donors (Lipinski definition) is 2. The zero-order chi connectivity index (χ0) is 15.2. The molecule has 0 fully saturated rings. The van der Waals surface area contributed by atoms with Gasteiger partial charge in [-0.05, 0) is 30.3 Å². The largest absolute Gasteiger partial charge is 0.491 e. The zero-order valence-corrected chi connectivity index (χ0v) is 11.7. The Morgan fingerprint density at radius 3 is 2.81 bits per heavy atom. The first-order valence-corrected chi connectivity index (χ1v) is 6.60. The van der Waals surface area contributed by atoms with Gasteiger partial charge in [0.05, 0.1) is 10.7 Å². The summed E-state index contributed by atoms with van der Waals surface area (Å²) in [6.45, 7) is 0.578. The fourth-order valence-electron chi connectivity index (χ4n) is 1.75. The van der Waals surface area contributed by atoms with Gasteiger partial charge in [0.15, 0.2) is 0 Å². The highest BCUT2D eigenvalue weighted by Gasteiger charge is 2.09. The van der Waals surface area contributed by atoms with E-state index in [9.17, 15) is 9.18 Å². The summed E-state index contributed by atoms with van der Waals surface area (Å²) in [4.78, 5) is 11.0. The molecule has 2 aromatic rings. The Labute approximate surface area is 126 Å². The minimum atomic E-state index is -1.05. The maximum Gasteiger partial charge on any atom is 0.339 e. The number of halogens is 2. The van der Waals surface area contributed by atoms with E-state index in [1.807, 2.05) is 0 Å². The lowest BCUT2D eigenvalue weighted by Crippen LogP contribution is -2.13. The van der Waals surface area contributed by atoms with Gasteiger partial charge in [-0.1, -0.05) is 23.7 Å². The molecule has 0 atom stereocenters. The minimum absolute atomic E-state index is 0.0984. The van der Waals surface area contributed by atoms with E-state index in [1.54, 1.807) is 18.2 Å². The second-order valence-corrected chi connectivity index (χ2v) is 4.61. The highest BCUT2D eigenvalue weighted by molar-refractivity contribution is 6.33. The molecular weight excluding hydrogens is 297 g/mol. The molecule has 21 heavy (non-hydrogen) atoms. The summed E-state index contributed by atoms with van der Waals surface area (Å²) in [5, 5.41) is 12.3. The molecule has 0 radical (unpaired) electrons. The molecule has 0 unspecified atom stereocenters. The first-order chi connectivity index (χ1) is 10.1. The van der Waals surface area contributed by atoms with Crippen molar-refractivity contribution < 1.29 is 19.0 Å². The highest BCUT2D eigenvalue weighted by Crippen LogP contribution is 2.22. The highest BCUT2D eigenvalue weighted by atomic mass is 35.5. The van der Waals surface area contributed by atoms with Crippen LogP contribution < -0.4 is 10.1 Å². The van der Waals surface area contributed by atoms with Crippen LogP contribution in [0.3, 0.4) is 0 Å². The maximum atomic E-state index is 13.1. The molecule has 0 aliphatic carbocycles. The first-order valence-electron chi connectivity index (χ1n) is 6.22. The third-order valence-electron chi connectivity index (χ3n) is 2.72. The van der Waals surface area contributed by atoms with Crippen LogP contribution in [0.15, 0.2) is 42.5 Å². The van der Waals surface area contributed by atoms with Gasteiger partial charge in [0.25, 0.3) is 0 Å². The summed E-state index contributed by atoms with van der Waals surface area (Å²) < 4.78 is 18.5. The van der Waals surface area contributed by atoms with E-state index in [1.165, 1.54) is 24.3 Å². The van der Waals surface area contributed by atoms with E-state index >= 15 is 0 Å². The average molecular weight is 310 g/mol. The molecule has 0 saturated carbocycles. The number of anilines is 1. The summed E-state index contributed by atoms with van der Waals surface area (Å²) in [5.74, 6) is -1.15. The van der Waals surface area contributed by atoms with Gasteiger partial charge in [-0.2, -0.15) is 0 Å². The topological polar surface area (TPSA) is 58.6 Å². The molecule has 0 aliphatic rings. The van der Waals surface area contributed by atoms with Crippen molar-refractivity contribution in [1.29, 1.82) is 0 Å². The fraction of sp³-hybridized carbons (Fsp3) is 0.133. The van der Waals surface area contributed by atoms with Crippen LogP contribution in [0.4, 0.5) is 10.1 Å². The Hall–Kier alpha value is -2.27. The Bertz CT molecular complexity index is 649. The molecule has 0 saturated heterocycles. The molecule has 2 N–H and O–H groups in total. The zero-order valence-electron chi connectivity index (χ0n) is 11.0. The average Bonchev–Trinajstić information content (AvgIpc) is 2.47. The van der Waals surface area contributed by atoms with E-state index in [0.717, 1.165) is 0 Å². The second-order valence-electron chi connectivity index (χ2n) is 4.20. The quantitative estimate of drug-likeness (QED) is 0.799. The van der Waals surface area contributed by atoms with E-state index in [0.29, 0.717) is 17.3 Å². The molecule has 2 rings (SSSR count). The monoisotopic (exact) mass is 309 g/mol. The van der Waals surface area contributed by atoms with Gasteiger partial charge in [0.1, 0.15) is 23.7 Å². The van der Waals surface area contributed by atoms with Gasteiger partial charge in [-0.15, -0.1) is 0 Å². The van der Waals surface area contributed by atoms with Gasteiger partial charge in [0.2, 0.25) is 0 Å². The van der Waals surface area contributed by atoms with Crippen LogP contribution in [-0.2, 0) is 0 Å². The van der Waals surface area contributed by atoms with Crippen molar-refractivity contribution in [2.45, 2.75) is 0 Å². The Kier molecular flexibility index (Phi) is 5.00. The number of carboxylic acids is 1. The minimum Gasteiger partial charge on any atom is -0.491 e. The number of hydrogen-bond acceptors (Lipinski definition) is 3. The molecule has 0 amide bonds. The lowest BCUT2D eigenvalue weighted by atomic mass is 10.2. The van der Waals surface area contributed by atoms with Crippen LogP contribution in [0.1, 0.15) is 10.4 Å². The van der Waals surface area contributed by atoms with Crippen molar-refractivity contribution in [3.8, 4) is 5.75 Å². The maximum absolute atomic E-state index is 13.1. The third-order valence-corrected chi connectivity index (χ3v) is 3.05. The van der Waals surface area contributed by atoms with Crippen molar-refractivity contribution in [2.24, 2.45) is 0 Å². The number of aromatic carboxylic acids is 1. The van der Waals surface area contributed by atoms with Gasteiger partial charge >= 0.3 is 5.97 Å². The normalized spacial score (nSPS) is 10.2. The molecule has 0 aromatic heterocycles. The number of ether oxygens (including phenoxy) is 1. The predicted molar refractivity (Wildman–Crippen MR) is 78.8 cm³/mol. The lowest BCUT2D eigenvalue weighted by molar-refractivity contribution is 0.0692. The second kappa shape index (κ2) is 6.95. The molecule has 2 aromatic carbocycles. The number of benzene rings is 2. The SMILES string of the molecule is O=C(O)c1ccccc1OCCNc1cc(F)ccc1Cl. The summed E-state index contributed by atoms with van der Waals surface area (Å²) in [6.07, 6.45) is 0. The molecule has 4 nitrogen and oxygen atoms in total. The molecule has 110 valence electrons. The number of carbonyl (C=O) groups is 1. The summed E-state index contributed by atoms with van der Waals surface area (Å²) in [6, 6.07) is 10.4. The van der Waals surface area contributed by atoms with Crippen molar-refractivity contribution in [3.05, 3.63) is 58.9 Å². The van der Waals surface area contributed by atoms with Crippen molar-refractivity contribution >= 4 is 23.3 Å². The van der Waals surface area contributed by atoms with E-state index < -0.39 is 5.97 Å². The summed E-state index contributed by atoms with van der Waals surface area (Å²) >= 11 is 5.91. The third kappa shape index (κ3) is 4.10.